The van der Waals surface area contributed by atoms with Crippen molar-refractivity contribution in [1.82, 2.24) is 0 Å². The molecule has 0 spiro atoms. The zero-order valence-electron chi connectivity index (χ0n) is 16.4. The number of rotatable bonds is 8. The first-order valence-electron chi connectivity index (χ1n) is 8.65. The van der Waals surface area contributed by atoms with Gasteiger partial charge >= 0.3 is 5.97 Å². The van der Waals surface area contributed by atoms with E-state index in [1.54, 1.807) is 49.6 Å². The van der Waals surface area contributed by atoms with Gasteiger partial charge in [-0.25, -0.2) is 4.79 Å². The van der Waals surface area contributed by atoms with Gasteiger partial charge in [0.25, 0.3) is 5.91 Å². The van der Waals surface area contributed by atoms with Crippen molar-refractivity contribution >= 4 is 35.2 Å². The highest BCUT2D eigenvalue weighted by atomic mass is 16.5. The number of benzene rings is 2. The van der Waals surface area contributed by atoms with Gasteiger partial charge in [0, 0.05) is 36.0 Å². The maximum absolute atomic E-state index is 11.9. The Morgan fingerprint density at radius 1 is 0.931 bits per heavy atom. The summed E-state index contributed by atoms with van der Waals surface area (Å²) < 4.78 is 15.3. The normalized spacial score (nSPS) is 10.3. The molecule has 0 atom stereocenters. The highest BCUT2D eigenvalue weighted by molar-refractivity contribution is 5.95. The largest absolute Gasteiger partial charge is 0.497 e. The quantitative estimate of drug-likeness (QED) is 0.524. The van der Waals surface area contributed by atoms with Crippen LogP contribution in [0.1, 0.15) is 12.5 Å². The summed E-state index contributed by atoms with van der Waals surface area (Å²) in [5.41, 5.74) is 1.79. The molecule has 0 bridgehead atoms. The molecular formula is C21H22N2O6. The number of carbonyl (C=O) groups is 3. The lowest BCUT2D eigenvalue weighted by atomic mass is 10.2. The molecule has 0 radical (unpaired) electrons. The summed E-state index contributed by atoms with van der Waals surface area (Å²) in [5.74, 6) is -0.175. The molecule has 0 aliphatic rings. The fourth-order valence-electron chi connectivity index (χ4n) is 2.34. The monoisotopic (exact) mass is 398 g/mol. The Morgan fingerprint density at radius 3 is 2.17 bits per heavy atom. The average molecular weight is 398 g/mol. The Kier molecular flexibility index (Phi) is 7.78. The lowest BCUT2D eigenvalue weighted by Crippen LogP contribution is -2.20. The minimum Gasteiger partial charge on any atom is -0.497 e. The third-order valence-electron chi connectivity index (χ3n) is 3.67. The van der Waals surface area contributed by atoms with E-state index in [1.807, 2.05) is 0 Å². The first-order chi connectivity index (χ1) is 13.9. The molecule has 2 aromatic carbocycles. The minimum absolute atomic E-state index is 0.186. The molecule has 0 fully saturated rings. The second-order valence-corrected chi connectivity index (χ2v) is 5.86. The van der Waals surface area contributed by atoms with Crippen LogP contribution in [0.15, 0.2) is 48.5 Å². The van der Waals surface area contributed by atoms with Crippen LogP contribution in [-0.4, -0.2) is 38.6 Å². The van der Waals surface area contributed by atoms with Crippen molar-refractivity contribution in [3.05, 3.63) is 54.1 Å². The molecule has 0 aliphatic heterocycles. The van der Waals surface area contributed by atoms with Gasteiger partial charge in [-0.2, -0.15) is 0 Å². The Morgan fingerprint density at radius 2 is 1.59 bits per heavy atom. The molecule has 0 unspecified atom stereocenters. The first kappa shape index (κ1) is 21.5. The highest BCUT2D eigenvalue weighted by Gasteiger charge is 2.07. The van der Waals surface area contributed by atoms with Crippen molar-refractivity contribution in [3.63, 3.8) is 0 Å². The number of anilines is 2. The van der Waals surface area contributed by atoms with Crippen LogP contribution in [0.3, 0.4) is 0 Å². The number of ether oxygens (including phenoxy) is 3. The van der Waals surface area contributed by atoms with Crippen LogP contribution in [0.5, 0.6) is 11.5 Å². The molecule has 0 aliphatic carbocycles. The van der Waals surface area contributed by atoms with Crippen molar-refractivity contribution in [2.45, 2.75) is 6.92 Å². The number of carbonyl (C=O) groups excluding carboxylic acids is 3. The molecule has 2 rings (SSSR count). The van der Waals surface area contributed by atoms with E-state index in [2.05, 4.69) is 10.6 Å². The fourth-order valence-corrected chi connectivity index (χ4v) is 2.34. The summed E-state index contributed by atoms with van der Waals surface area (Å²) >= 11 is 0. The average Bonchev–Trinajstić information content (AvgIpc) is 2.71. The molecule has 8 nitrogen and oxygen atoms in total. The zero-order chi connectivity index (χ0) is 21.2. The maximum atomic E-state index is 11.9. The first-order valence-corrected chi connectivity index (χ1v) is 8.65. The third kappa shape index (κ3) is 7.02. The molecular weight excluding hydrogens is 376 g/mol. The van der Waals surface area contributed by atoms with E-state index in [4.69, 9.17) is 14.2 Å². The van der Waals surface area contributed by atoms with Crippen LogP contribution in [0.2, 0.25) is 0 Å². The van der Waals surface area contributed by atoms with Crippen LogP contribution >= 0.6 is 0 Å². The second kappa shape index (κ2) is 10.5. The number of hydrogen-bond acceptors (Lipinski definition) is 6. The number of hydrogen-bond donors (Lipinski definition) is 2. The lowest BCUT2D eigenvalue weighted by molar-refractivity contribution is -0.142. The number of amides is 2. The Bertz CT molecular complexity index is 906. The van der Waals surface area contributed by atoms with Crippen LogP contribution < -0.4 is 20.1 Å². The summed E-state index contributed by atoms with van der Waals surface area (Å²) in [5, 5.41) is 5.22. The summed E-state index contributed by atoms with van der Waals surface area (Å²) in [6.07, 6.45) is 2.74. The summed E-state index contributed by atoms with van der Waals surface area (Å²) in [6, 6.07) is 11.7. The van der Waals surface area contributed by atoms with Crippen molar-refractivity contribution in [2.75, 3.05) is 31.5 Å². The molecule has 0 aromatic heterocycles. The van der Waals surface area contributed by atoms with E-state index in [0.717, 1.165) is 0 Å². The molecule has 29 heavy (non-hydrogen) atoms. The van der Waals surface area contributed by atoms with Gasteiger partial charge in [0.15, 0.2) is 6.61 Å². The van der Waals surface area contributed by atoms with Crippen LogP contribution in [0.4, 0.5) is 11.4 Å². The van der Waals surface area contributed by atoms with E-state index < -0.39 is 18.5 Å². The van der Waals surface area contributed by atoms with Crippen molar-refractivity contribution in [2.24, 2.45) is 0 Å². The van der Waals surface area contributed by atoms with Crippen molar-refractivity contribution < 1.29 is 28.6 Å². The predicted octanol–water partition coefficient (Wildman–Crippen LogP) is 2.86. The topological polar surface area (TPSA) is 103 Å². The van der Waals surface area contributed by atoms with E-state index in [1.165, 1.54) is 26.2 Å². The lowest BCUT2D eigenvalue weighted by Gasteiger charge is -2.08. The Hall–Kier alpha value is -3.81. The van der Waals surface area contributed by atoms with Gasteiger partial charge in [0.1, 0.15) is 11.5 Å². The summed E-state index contributed by atoms with van der Waals surface area (Å²) in [7, 11) is 3.06. The zero-order valence-corrected chi connectivity index (χ0v) is 16.4. The van der Waals surface area contributed by atoms with Crippen LogP contribution in [0.25, 0.3) is 6.08 Å². The molecule has 0 heterocycles. The Labute approximate surface area is 168 Å². The molecule has 0 saturated heterocycles. The molecule has 2 N–H and O–H groups in total. The smallest absolute Gasteiger partial charge is 0.331 e. The number of nitrogens with one attached hydrogen (secondary N) is 2. The van der Waals surface area contributed by atoms with Gasteiger partial charge in [-0.05, 0) is 42.5 Å². The molecule has 0 saturated carbocycles. The van der Waals surface area contributed by atoms with Gasteiger partial charge in [-0.1, -0.05) is 0 Å². The van der Waals surface area contributed by atoms with Gasteiger partial charge < -0.3 is 24.8 Å². The fraction of sp³-hybridized carbons (Fsp3) is 0.190. The van der Waals surface area contributed by atoms with Crippen molar-refractivity contribution in [1.29, 1.82) is 0 Å². The van der Waals surface area contributed by atoms with Crippen molar-refractivity contribution in [3.8, 4) is 11.5 Å². The molecule has 8 heteroatoms. The van der Waals surface area contributed by atoms with Gasteiger partial charge in [-0.3, -0.25) is 9.59 Å². The van der Waals surface area contributed by atoms with E-state index in [9.17, 15) is 14.4 Å². The minimum atomic E-state index is -0.668. The number of methoxy groups -OCH3 is 2. The van der Waals surface area contributed by atoms with Crippen LogP contribution in [0, 0.1) is 0 Å². The predicted molar refractivity (Wildman–Crippen MR) is 109 cm³/mol. The standard InChI is InChI=1S/C21H22N2O6/c1-14(24)22-16-6-8-17(9-7-16)23-20(25)13-29-21(26)11-5-15-4-10-18(27-2)12-19(15)28-3/h4-12H,13H2,1-3H3,(H,22,24)(H,23,25)/b11-5+. The summed E-state index contributed by atoms with van der Waals surface area (Å²) in [6.45, 7) is 0.972. The molecule has 2 amide bonds. The van der Waals surface area contributed by atoms with E-state index >= 15 is 0 Å². The molecule has 152 valence electrons. The van der Waals surface area contributed by atoms with Gasteiger partial charge in [-0.15, -0.1) is 0 Å². The highest BCUT2D eigenvalue weighted by Crippen LogP contribution is 2.25. The van der Waals surface area contributed by atoms with E-state index in [-0.39, 0.29) is 5.91 Å². The third-order valence-corrected chi connectivity index (χ3v) is 3.67. The number of esters is 1. The maximum Gasteiger partial charge on any atom is 0.331 e. The molecule has 2 aromatic rings. The van der Waals surface area contributed by atoms with E-state index in [0.29, 0.717) is 28.4 Å². The van der Waals surface area contributed by atoms with Gasteiger partial charge in [0.05, 0.1) is 14.2 Å². The van der Waals surface area contributed by atoms with Gasteiger partial charge in [0.2, 0.25) is 5.91 Å². The summed E-state index contributed by atoms with van der Waals surface area (Å²) in [4.78, 5) is 34.7. The Balaban J connectivity index is 1.85. The van der Waals surface area contributed by atoms with Crippen LogP contribution in [-0.2, 0) is 19.1 Å². The SMILES string of the molecule is COc1ccc(/C=C/C(=O)OCC(=O)Nc2ccc(NC(C)=O)cc2)c(OC)c1. The second-order valence-electron chi connectivity index (χ2n) is 5.86.